The van der Waals surface area contributed by atoms with E-state index in [0.29, 0.717) is 0 Å². The average molecular weight is 211 g/mol. The predicted molar refractivity (Wildman–Crippen MR) is 63.9 cm³/mol. The van der Waals surface area contributed by atoms with Crippen molar-refractivity contribution in [3.63, 3.8) is 0 Å². The molecule has 2 nitrogen and oxygen atoms in total. The Balaban J connectivity index is 2.56. The fourth-order valence-electron chi connectivity index (χ4n) is 2.54. The summed E-state index contributed by atoms with van der Waals surface area (Å²) in [6.45, 7) is 9.73. The van der Waals surface area contributed by atoms with Crippen LogP contribution < -0.4 is 0 Å². The minimum Gasteiger partial charge on any atom is -0.303 e. The van der Waals surface area contributed by atoms with Gasteiger partial charge in [-0.15, -0.1) is 0 Å². The van der Waals surface area contributed by atoms with Crippen LogP contribution in [-0.4, -0.2) is 30.8 Å². The van der Waals surface area contributed by atoms with Gasteiger partial charge in [0.1, 0.15) is 6.29 Å². The summed E-state index contributed by atoms with van der Waals surface area (Å²) in [5, 5.41) is 0. The van der Waals surface area contributed by atoms with Crippen LogP contribution in [0.1, 0.15) is 46.5 Å². The Labute approximate surface area is 94.0 Å². The van der Waals surface area contributed by atoms with E-state index >= 15 is 0 Å². The zero-order valence-corrected chi connectivity index (χ0v) is 10.5. The van der Waals surface area contributed by atoms with Gasteiger partial charge in [-0.25, -0.2) is 0 Å². The second-order valence-electron chi connectivity index (χ2n) is 5.12. The largest absolute Gasteiger partial charge is 0.303 e. The van der Waals surface area contributed by atoms with Crippen LogP contribution in [0.5, 0.6) is 0 Å². The van der Waals surface area contributed by atoms with Crippen LogP contribution >= 0.6 is 0 Å². The summed E-state index contributed by atoms with van der Waals surface area (Å²) in [4.78, 5) is 13.7. The first-order valence-electron chi connectivity index (χ1n) is 6.34. The highest BCUT2D eigenvalue weighted by Crippen LogP contribution is 2.37. The van der Waals surface area contributed by atoms with Crippen LogP contribution in [0.2, 0.25) is 0 Å². The molecule has 1 saturated carbocycles. The van der Waals surface area contributed by atoms with E-state index in [1.807, 2.05) is 0 Å². The molecule has 2 heteroatoms. The molecule has 0 N–H and O–H groups in total. The van der Waals surface area contributed by atoms with Crippen LogP contribution in [0.3, 0.4) is 0 Å². The molecule has 0 spiro atoms. The van der Waals surface area contributed by atoms with Gasteiger partial charge in [-0.2, -0.15) is 0 Å². The Bertz CT molecular complexity index is 191. The molecule has 0 atom stereocenters. The van der Waals surface area contributed by atoms with E-state index in [2.05, 4.69) is 25.7 Å². The molecule has 1 aliphatic carbocycles. The first kappa shape index (κ1) is 12.7. The summed E-state index contributed by atoms with van der Waals surface area (Å²) in [5.41, 5.74) is -0.0292. The molecule has 0 aromatic rings. The van der Waals surface area contributed by atoms with E-state index in [0.717, 1.165) is 38.4 Å². The second-order valence-corrected chi connectivity index (χ2v) is 5.12. The first-order valence-corrected chi connectivity index (χ1v) is 6.34. The lowest BCUT2D eigenvalue weighted by Crippen LogP contribution is -2.41. The highest BCUT2D eigenvalue weighted by Gasteiger charge is 2.34. The number of aldehydes is 1. The number of rotatable bonds is 5. The lowest BCUT2D eigenvalue weighted by Gasteiger charge is -2.38. The third-order valence-corrected chi connectivity index (χ3v) is 3.95. The molecule has 0 saturated heterocycles. The standard InChI is InChI=1S/C13H25NO/c1-4-14(5-2)10-13(11-15)8-6-12(3)7-9-13/h11-12H,4-10H2,1-3H3. The SMILES string of the molecule is CCN(CC)CC1(C=O)CCC(C)CC1. The van der Waals surface area contributed by atoms with Crippen molar-refractivity contribution >= 4 is 6.29 Å². The maximum absolute atomic E-state index is 11.3. The van der Waals surface area contributed by atoms with Crippen LogP contribution in [0.25, 0.3) is 0 Å². The lowest BCUT2D eigenvalue weighted by atomic mass is 9.71. The minimum atomic E-state index is -0.0292. The molecule has 1 aliphatic rings. The molecule has 0 bridgehead atoms. The molecule has 15 heavy (non-hydrogen) atoms. The summed E-state index contributed by atoms with van der Waals surface area (Å²) in [5.74, 6) is 0.815. The molecule has 1 fully saturated rings. The fraction of sp³-hybridized carbons (Fsp3) is 0.923. The maximum Gasteiger partial charge on any atom is 0.127 e. The predicted octanol–water partition coefficient (Wildman–Crippen LogP) is 2.72. The molecule has 0 aliphatic heterocycles. The first-order chi connectivity index (χ1) is 7.15. The molecule has 0 amide bonds. The van der Waals surface area contributed by atoms with Crippen molar-refractivity contribution in [1.29, 1.82) is 0 Å². The van der Waals surface area contributed by atoms with Gasteiger partial charge in [0.15, 0.2) is 0 Å². The van der Waals surface area contributed by atoms with Gasteiger partial charge in [0.2, 0.25) is 0 Å². The van der Waals surface area contributed by atoms with Crippen molar-refractivity contribution in [3.8, 4) is 0 Å². The minimum absolute atomic E-state index is 0.0292. The van der Waals surface area contributed by atoms with Crippen LogP contribution in [0.4, 0.5) is 0 Å². The van der Waals surface area contributed by atoms with Crippen molar-refractivity contribution in [1.82, 2.24) is 4.90 Å². The van der Waals surface area contributed by atoms with E-state index in [9.17, 15) is 4.79 Å². The van der Waals surface area contributed by atoms with E-state index in [4.69, 9.17) is 0 Å². The van der Waals surface area contributed by atoms with Gasteiger partial charge in [-0.3, -0.25) is 0 Å². The highest BCUT2D eigenvalue weighted by atomic mass is 16.1. The zero-order valence-electron chi connectivity index (χ0n) is 10.5. The third-order valence-electron chi connectivity index (χ3n) is 3.95. The number of hydrogen-bond acceptors (Lipinski definition) is 2. The molecule has 88 valence electrons. The van der Waals surface area contributed by atoms with E-state index in [1.54, 1.807) is 0 Å². The summed E-state index contributed by atoms with van der Waals surface area (Å²) in [6.07, 6.45) is 5.86. The summed E-state index contributed by atoms with van der Waals surface area (Å²) >= 11 is 0. The fourth-order valence-corrected chi connectivity index (χ4v) is 2.54. The van der Waals surface area contributed by atoms with Gasteiger partial charge >= 0.3 is 0 Å². The topological polar surface area (TPSA) is 20.3 Å². The van der Waals surface area contributed by atoms with Crippen LogP contribution in [-0.2, 0) is 4.79 Å². The molecular formula is C13H25NO. The zero-order chi connectivity index (χ0) is 11.3. The highest BCUT2D eigenvalue weighted by molar-refractivity contribution is 5.60. The normalized spacial score (nSPS) is 31.9. The van der Waals surface area contributed by atoms with E-state index < -0.39 is 0 Å². The molecular weight excluding hydrogens is 186 g/mol. The smallest absolute Gasteiger partial charge is 0.127 e. The van der Waals surface area contributed by atoms with Crippen molar-refractivity contribution in [3.05, 3.63) is 0 Å². The number of nitrogens with zero attached hydrogens (tertiary/aromatic N) is 1. The van der Waals surface area contributed by atoms with Crippen molar-refractivity contribution in [2.24, 2.45) is 11.3 Å². The van der Waals surface area contributed by atoms with Crippen molar-refractivity contribution < 1.29 is 4.79 Å². The Hall–Kier alpha value is -0.370. The van der Waals surface area contributed by atoms with Gasteiger partial charge in [-0.1, -0.05) is 20.8 Å². The molecule has 0 unspecified atom stereocenters. The van der Waals surface area contributed by atoms with E-state index in [-0.39, 0.29) is 5.41 Å². The Kier molecular flexibility index (Phi) is 4.78. The van der Waals surface area contributed by atoms with Gasteiger partial charge in [0.05, 0.1) is 0 Å². The number of hydrogen-bond donors (Lipinski definition) is 0. The molecule has 1 rings (SSSR count). The monoisotopic (exact) mass is 211 g/mol. The third kappa shape index (κ3) is 3.30. The Morgan fingerprint density at radius 2 is 1.80 bits per heavy atom. The van der Waals surface area contributed by atoms with E-state index in [1.165, 1.54) is 19.1 Å². The van der Waals surface area contributed by atoms with Crippen molar-refractivity contribution in [2.75, 3.05) is 19.6 Å². The summed E-state index contributed by atoms with van der Waals surface area (Å²) in [6, 6.07) is 0. The van der Waals surface area contributed by atoms with Gasteiger partial charge < -0.3 is 9.69 Å². The van der Waals surface area contributed by atoms with Gasteiger partial charge in [-0.05, 0) is 44.7 Å². The van der Waals surface area contributed by atoms with Crippen LogP contribution in [0, 0.1) is 11.3 Å². The van der Waals surface area contributed by atoms with Gasteiger partial charge in [0.25, 0.3) is 0 Å². The summed E-state index contributed by atoms with van der Waals surface area (Å²) < 4.78 is 0. The average Bonchev–Trinajstić information content (AvgIpc) is 2.29. The van der Waals surface area contributed by atoms with Crippen LogP contribution in [0.15, 0.2) is 0 Å². The molecule has 0 heterocycles. The van der Waals surface area contributed by atoms with Gasteiger partial charge in [0, 0.05) is 12.0 Å². The van der Waals surface area contributed by atoms with Crippen molar-refractivity contribution in [2.45, 2.75) is 46.5 Å². The maximum atomic E-state index is 11.3. The number of carbonyl (C=O) groups is 1. The molecule has 0 radical (unpaired) electrons. The molecule has 0 aromatic heterocycles. The quantitative estimate of drug-likeness (QED) is 0.652. The number of carbonyl (C=O) groups excluding carboxylic acids is 1. The Morgan fingerprint density at radius 3 is 2.20 bits per heavy atom. The summed E-state index contributed by atoms with van der Waals surface area (Å²) in [7, 11) is 0. The molecule has 0 aromatic carbocycles. The second kappa shape index (κ2) is 5.64. The lowest BCUT2D eigenvalue weighted by molar-refractivity contribution is -0.119. The Morgan fingerprint density at radius 1 is 1.27 bits per heavy atom.